The predicted molar refractivity (Wildman–Crippen MR) is 52.7 cm³/mol. The van der Waals surface area contributed by atoms with Gasteiger partial charge in [-0.2, -0.15) is 5.10 Å². The van der Waals surface area contributed by atoms with Crippen LogP contribution in [-0.4, -0.2) is 12.1 Å². The van der Waals surface area contributed by atoms with Gasteiger partial charge in [-0.05, 0) is 24.7 Å². The van der Waals surface area contributed by atoms with Crippen molar-refractivity contribution in [1.82, 2.24) is 5.43 Å². The van der Waals surface area contributed by atoms with E-state index < -0.39 is 0 Å². The second kappa shape index (κ2) is 3.57. The number of rotatable bonds is 1. The summed E-state index contributed by atoms with van der Waals surface area (Å²) in [6.07, 6.45) is 5.98. The Morgan fingerprint density at radius 2 is 2.57 bits per heavy atom. The first-order valence-electron chi connectivity index (χ1n) is 4.50. The zero-order chi connectivity index (χ0) is 9.97. The molecule has 4 N–H and O–H groups in total. The van der Waals surface area contributed by atoms with Crippen molar-refractivity contribution in [2.45, 2.75) is 12.8 Å². The molecule has 6 heteroatoms. The predicted octanol–water partition coefficient (Wildman–Crippen LogP) is 0.789. The van der Waals surface area contributed by atoms with Crippen LogP contribution in [0, 0.1) is 17.2 Å². The summed E-state index contributed by atoms with van der Waals surface area (Å²) in [5, 5.41) is 18.0. The highest BCUT2D eigenvalue weighted by Gasteiger charge is 2.35. The van der Waals surface area contributed by atoms with Crippen LogP contribution < -0.4 is 11.3 Å². The summed E-state index contributed by atoms with van der Waals surface area (Å²) in [7, 11) is 0. The topological polar surface area (TPSA) is 99.0 Å². The van der Waals surface area contributed by atoms with Gasteiger partial charge in [0.2, 0.25) is 0 Å². The molecule has 0 unspecified atom stereocenters. The summed E-state index contributed by atoms with van der Waals surface area (Å²) in [6.45, 7) is 0. The van der Waals surface area contributed by atoms with E-state index in [1.165, 1.54) is 6.42 Å². The molecule has 14 heavy (non-hydrogen) atoms. The van der Waals surface area contributed by atoms with Crippen LogP contribution in [0.1, 0.15) is 12.8 Å². The van der Waals surface area contributed by atoms with E-state index in [-0.39, 0.29) is 5.84 Å². The molecule has 0 aromatic rings. The Balaban J connectivity index is 2.07. The fraction of sp³-hybridized carbons (Fsp3) is 0.500. The molecule has 0 aromatic carbocycles. The maximum atomic E-state index is 7.49. The molecule has 0 saturated heterocycles. The van der Waals surface area contributed by atoms with E-state index in [1.54, 1.807) is 0 Å². The van der Waals surface area contributed by atoms with Crippen LogP contribution in [0.2, 0.25) is 0 Å². The summed E-state index contributed by atoms with van der Waals surface area (Å²) >= 11 is 0. The van der Waals surface area contributed by atoms with Gasteiger partial charge in [-0.25, -0.2) is 0 Å². The molecular weight excluding hydrogens is 180 g/mol. The van der Waals surface area contributed by atoms with E-state index in [1.807, 2.05) is 12.3 Å². The van der Waals surface area contributed by atoms with E-state index in [0.717, 1.165) is 6.42 Å². The average molecular weight is 192 g/mol. The molecule has 1 aliphatic heterocycles. The zero-order valence-corrected chi connectivity index (χ0v) is 7.64. The summed E-state index contributed by atoms with van der Waals surface area (Å²) in [4.78, 5) is 0. The molecule has 1 aliphatic carbocycles. The summed E-state index contributed by atoms with van der Waals surface area (Å²) in [5.41, 5.74) is 3.33. The van der Waals surface area contributed by atoms with Crippen LogP contribution in [0.3, 0.4) is 0 Å². The van der Waals surface area contributed by atoms with Crippen LogP contribution in [0.15, 0.2) is 27.2 Å². The van der Waals surface area contributed by atoms with Gasteiger partial charge in [0.05, 0.1) is 5.70 Å². The number of hydrogen-bond donors (Lipinski definition) is 3. The van der Waals surface area contributed by atoms with Crippen molar-refractivity contribution < 1.29 is 0 Å². The third kappa shape index (κ3) is 1.78. The fourth-order valence-electron chi connectivity index (χ4n) is 1.50. The smallest absolute Gasteiger partial charge is 0.193 e. The van der Waals surface area contributed by atoms with E-state index in [2.05, 4.69) is 20.9 Å². The van der Waals surface area contributed by atoms with Crippen molar-refractivity contribution in [1.29, 1.82) is 5.41 Å². The SMILES string of the molecule is N=C(N=NN)/C1=C\C[C@H]2C[C@H]2/C=N/N1. The van der Waals surface area contributed by atoms with E-state index in [0.29, 0.717) is 17.5 Å². The Kier molecular flexibility index (Phi) is 2.26. The molecule has 2 aliphatic rings. The zero-order valence-electron chi connectivity index (χ0n) is 7.64. The Morgan fingerprint density at radius 1 is 1.71 bits per heavy atom. The minimum Gasteiger partial charge on any atom is -0.305 e. The van der Waals surface area contributed by atoms with Crippen LogP contribution in [0.4, 0.5) is 0 Å². The average Bonchev–Trinajstić information content (AvgIpc) is 2.83. The molecular formula is C8H12N6. The lowest BCUT2D eigenvalue weighted by molar-refractivity contribution is 0.788. The van der Waals surface area contributed by atoms with Gasteiger partial charge < -0.3 is 5.84 Å². The minimum absolute atomic E-state index is 0.0174. The first kappa shape index (κ1) is 8.86. The van der Waals surface area contributed by atoms with Crippen LogP contribution in [0.5, 0.6) is 0 Å². The van der Waals surface area contributed by atoms with Gasteiger partial charge in [0.15, 0.2) is 5.84 Å². The Morgan fingerprint density at radius 3 is 3.36 bits per heavy atom. The largest absolute Gasteiger partial charge is 0.305 e. The van der Waals surface area contributed by atoms with Crippen molar-refractivity contribution in [3.63, 3.8) is 0 Å². The molecule has 0 amide bonds. The number of fused-ring (bicyclic) bond motifs is 1. The maximum Gasteiger partial charge on any atom is 0.193 e. The fourth-order valence-corrected chi connectivity index (χ4v) is 1.50. The molecule has 0 spiro atoms. The van der Waals surface area contributed by atoms with Crippen molar-refractivity contribution in [3.8, 4) is 0 Å². The molecule has 0 radical (unpaired) electrons. The number of hydrazone groups is 1. The summed E-state index contributed by atoms with van der Waals surface area (Å²) in [5.74, 6) is 6.19. The van der Waals surface area contributed by atoms with E-state index in [9.17, 15) is 0 Å². The summed E-state index contributed by atoms with van der Waals surface area (Å²) < 4.78 is 0. The molecule has 1 fully saturated rings. The first-order chi connectivity index (χ1) is 6.81. The second-order valence-electron chi connectivity index (χ2n) is 3.47. The van der Waals surface area contributed by atoms with Crippen LogP contribution in [-0.2, 0) is 0 Å². The number of allylic oxidation sites excluding steroid dienone is 1. The minimum atomic E-state index is 0.0174. The van der Waals surface area contributed by atoms with Crippen molar-refractivity contribution in [2.24, 2.45) is 33.1 Å². The third-order valence-electron chi connectivity index (χ3n) is 2.47. The lowest BCUT2D eigenvalue weighted by atomic mass is 10.2. The van der Waals surface area contributed by atoms with Gasteiger partial charge in [0.25, 0.3) is 0 Å². The van der Waals surface area contributed by atoms with Crippen molar-refractivity contribution in [3.05, 3.63) is 11.8 Å². The molecule has 2 rings (SSSR count). The number of nitrogens with one attached hydrogen (secondary N) is 2. The normalized spacial score (nSPS) is 35.9. The quantitative estimate of drug-likeness (QED) is 0.188. The number of nitrogens with two attached hydrogens (primary N) is 1. The summed E-state index contributed by atoms with van der Waals surface area (Å²) in [6, 6.07) is 0. The maximum absolute atomic E-state index is 7.49. The van der Waals surface area contributed by atoms with Crippen LogP contribution >= 0.6 is 0 Å². The first-order valence-corrected chi connectivity index (χ1v) is 4.50. The van der Waals surface area contributed by atoms with Gasteiger partial charge in [-0.3, -0.25) is 10.8 Å². The van der Waals surface area contributed by atoms with Gasteiger partial charge >= 0.3 is 0 Å². The number of hydrogen-bond acceptors (Lipinski definition) is 4. The highest BCUT2D eigenvalue weighted by molar-refractivity contribution is 5.95. The highest BCUT2D eigenvalue weighted by atomic mass is 15.4. The highest BCUT2D eigenvalue weighted by Crippen LogP contribution is 2.40. The Hall–Kier alpha value is -1.72. The van der Waals surface area contributed by atoms with Crippen molar-refractivity contribution in [2.75, 3.05) is 0 Å². The second-order valence-corrected chi connectivity index (χ2v) is 3.47. The third-order valence-corrected chi connectivity index (χ3v) is 2.47. The molecule has 0 bridgehead atoms. The Bertz CT molecular complexity index is 329. The van der Waals surface area contributed by atoms with Gasteiger partial charge in [0.1, 0.15) is 0 Å². The molecule has 0 aromatic heterocycles. The molecule has 74 valence electrons. The lowest BCUT2D eigenvalue weighted by Gasteiger charge is -2.05. The molecule has 6 nitrogen and oxygen atoms in total. The lowest BCUT2D eigenvalue weighted by Crippen LogP contribution is -2.15. The molecule has 1 heterocycles. The molecule has 1 saturated carbocycles. The Labute approximate surface area is 81.5 Å². The molecule has 2 atom stereocenters. The van der Waals surface area contributed by atoms with Crippen molar-refractivity contribution >= 4 is 12.1 Å². The van der Waals surface area contributed by atoms with E-state index in [4.69, 9.17) is 11.3 Å². The van der Waals surface area contributed by atoms with Gasteiger partial charge in [-0.15, -0.1) is 5.11 Å². The standard InChI is InChI=1S/C8H12N6/c9-8(13-14-10)7-2-1-5-3-6(5)4-11-12-7/h2,4-6,12H,1,3H2,(H3,9,10,13)/b7-2+,11-4+/t5-,6-/m0/s1. The van der Waals surface area contributed by atoms with Gasteiger partial charge in [-0.1, -0.05) is 11.3 Å². The monoisotopic (exact) mass is 192 g/mol. The van der Waals surface area contributed by atoms with E-state index >= 15 is 0 Å². The number of amidine groups is 1. The van der Waals surface area contributed by atoms with Gasteiger partial charge in [0, 0.05) is 6.21 Å². The van der Waals surface area contributed by atoms with Crippen LogP contribution in [0.25, 0.3) is 0 Å². The number of nitrogens with zero attached hydrogens (tertiary/aromatic N) is 3.